The number of aliphatic hydroxyl groups excluding tert-OH is 3. The molecule has 0 aromatic carbocycles. The lowest BCUT2D eigenvalue weighted by Gasteiger charge is -2.26. The summed E-state index contributed by atoms with van der Waals surface area (Å²) in [5.74, 6) is -0.158. The lowest BCUT2D eigenvalue weighted by atomic mass is 10.0. The van der Waals surface area contributed by atoms with Crippen LogP contribution in [-0.2, 0) is 4.79 Å². The zero-order valence-corrected chi connectivity index (χ0v) is 35.0. The smallest absolute Gasteiger partial charge is 0.220 e. The van der Waals surface area contributed by atoms with Crippen molar-refractivity contribution in [3.63, 3.8) is 0 Å². The summed E-state index contributed by atoms with van der Waals surface area (Å²) in [5, 5.41) is 33.5. The summed E-state index contributed by atoms with van der Waals surface area (Å²) in [5.41, 5.74) is 0. The fourth-order valence-corrected chi connectivity index (χ4v) is 7.16. The predicted molar refractivity (Wildman–Crippen MR) is 227 cm³/mol. The number of nitrogens with one attached hydrogen (secondary N) is 1. The van der Waals surface area contributed by atoms with E-state index < -0.39 is 18.2 Å². The van der Waals surface area contributed by atoms with Crippen LogP contribution in [0.5, 0.6) is 0 Å². The topological polar surface area (TPSA) is 89.8 Å². The molecule has 5 heteroatoms. The van der Waals surface area contributed by atoms with Crippen molar-refractivity contribution in [2.45, 2.75) is 263 Å². The van der Waals surface area contributed by atoms with Crippen LogP contribution in [0, 0.1) is 0 Å². The Morgan fingerprint density at radius 2 is 0.769 bits per heavy atom. The number of carbonyl (C=O) groups excluding carboxylic acids is 1. The molecule has 0 saturated carbocycles. The molecule has 3 atom stereocenters. The molecule has 0 aromatic heterocycles. The Morgan fingerprint density at radius 1 is 0.462 bits per heavy atom. The number of allylic oxidation sites excluding steroid dienone is 4. The van der Waals surface area contributed by atoms with Gasteiger partial charge in [0.25, 0.3) is 0 Å². The summed E-state index contributed by atoms with van der Waals surface area (Å²) in [6.45, 7) is 4.16. The molecule has 308 valence electrons. The van der Waals surface area contributed by atoms with Crippen LogP contribution >= 0.6 is 0 Å². The third kappa shape index (κ3) is 37.2. The van der Waals surface area contributed by atoms with Gasteiger partial charge in [0.15, 0.2) is 0 Å². The summed E-state index contributed by atoms with van der Waals surface area (Å²) in [6, 6.07) is -0.826. The Hall–Kier alpha value is -1.17. The van der Waals surface area contributed by atoms with E-state index >= 15 is 0 Å². The Kier molecular flexibility index (Phi) is 41.6. The molecule has 52 heavy (non-hydrogen) atoms. The van der Waals surface area contributed by atoms with Gasteiger partial charge < -0.3 is 20.6 Å². The minimum absolute atomic E-state index is 0.158. The van der Waals surface area contributed by atoms with Crippen LogP contribution in [-0.4, -0.2) is 46.1 Å². The van der Waals surface area contributed by atoms with Crippen LogP contribution < -0.4 is 5.32 Å². The summed E-state index contributed by atoms with van der Waals surface area (Å²) >= 11 is 0. The summed E-state index contributed by atoms with van der Waals surface area (Å²) in [4.78, 5) is 12.4. The molecule has 0 spiro atoms. The number of unbranched alkanes of at least 4 members (excludes halogenated alkanes) is 30. The van der Waals surface area contributed by atoms with Crippen LogP contribution in [0.3, 0.4) is 0 Å². The van der Waals surface area contributed by atoms with Crippen molar-refractivity contribution >= 4 is 5.91 Å². The molecule has 0 aliphatic heterocycles. The zero-order valence-electron chi connectivity index (χ0n) is 35.0. The molecule has 1 amide bonds. The number of amides is 1. The van der Waals surface area contributed by atoms with E-state index in [0.717, 1.165) is 38.5 Å². The summed E-state index contributed by atoms with van der Waals surface area (Å²) < 4.78 is 0. The highest BCUT2D eigenvalue weighted by Gasteiger charge is 2.26. The highest BCUT2D eigenvalue weighted by molar-refractivity contribution is 5.76. The van der Waals surface area contributed by atoms with Gasteiger partial charge in [-0.05, 0) is 64.2 Å². The van der Waals surface area contributed by atoms with Crippen LogP contribution in [0.25, 0.3) is 0 Å². The van der Waals surface area contributed by atoms with Gasteiger partial charge in [0.05, 0.1) is 18.8 Å². The van der Waals surface area contributed by atoms with E-state index in [1.807, 2.05) is 0 Å². The van der Waals surface area contributed by atoms with Crippen molar-refractivity contribution in [1.29, 1.82) is 0 Å². The molecule has 0 aliphatic carbocycles. The minimum Gasteiger partial charge on any atom is -0.394 e. The molecule has 0 saturated heterocycles. The molecule has 0 aromatic rings. The van der Waals surface area contributed by atoms with Crippen molar-refractivity contribution in [2.24, 2.45) is 0 Å². The standard InChI is InChI=1S/C47H91NO4/c1-3-5-7-9-11-13-15-17-19-20-21-22-23-24-25-26-28-29-31-33-35-37-39-41-45(50)47(52)44(43-49)48-46(51)42-40-38-36-34-32-30-27-18-16-14-12-10-8-6-4-2/h14,16,33,35,44-45,47,49-50,52H,3-13,15,17-32,34,36-43H2,1-2H3,(H,48,51)/b16-14-,35-33+. The van der Waals surface area contributed by atoms with Gasteiger partial charge in [-0.3, -0.25) is 4.79 Å². The van der Waals surface area contributed by atoms with E-state index in [-0.39, 0.29) is 12.5 Å². The monoisotopic (exact) mass is 734 g/mol. The van der Waals surface area contributed by atoms with Crippen molar-refractivity contribution in [2.75, 3.05) is 6.61 Å². The minimum atomic E-state index is -1.16. The molecular weight excluding hydrogens is 643 g/mol. The normalized spacial score (nSPS) is 13.7. The van der Waals surface area contributed by atoms with Gasteiger partial charge in [-0.25, -0.2) is 0 Å². The number of aliphatic hydroxyl groups is 3. The maximum Gasteiger partial charge on any atom is 0.220 e. The van der Waals surface area contributed by atoms with Gasteiger partial charge in [-0.1, -0.05) is 199 Å². The fraction of sp³-hybridized carbons (Fsp3) is 0.894. The van der Waals surface area contributed by atoms with Crippen molar-refractivity contribution < 1.29 is 20.1 Å². The molecule has 0 heterocycles. The van der Waals surface area contributed by atoms with E-state index in [2.05, 4.69) is 43.5 Å². The molecular formula is C47H91NO4. The molecule has 3 unspecified atom stereocenters. The van der Waals surface area contributed by atoms with Gasteiger partial charge in [-0.2, -0.15) is 0 Å². The Balaban J connectivity index is 3.62. The second-order valence-corrected chi connectivity index (χ2v) is 16.0. The number of hydrogen-bond acceptors (Lipinski definition) is 4. The first-order chi connectivity index (χ1) is 25.6. The molecule has 0 aliphatic rings. The number of carbonyl (C=O) groups is 1. The Labute approximate surface area is 324 Å². The van der Waals surface area contributed by atoms with E-state index in [1.165, 1.54) is 180 Å². The number of hydrogen-bond donors (Lipinski definition) is 4. The first-order valence-electron chi connectivity index (χ1n) is 23.1. The number of rotatable bonds is 42. The van der Waals surface area contributed by atoms with Gasteiger partial charge in [0.1, 0.15) is 6.10 Å². The second kappa shape index (κ2) is 42.6. The molecule has 5 nitrogen and oxygen atoms in total. The summed E-state index contributed by atoms with van der Waals surface area (Å²) in [7, 11) is 0. The molecule has 0 rings (SSSR count). The van der Waals surface area contributed by atoms with E-state index in [1.54, 1.807) is 0 Å². The van der Waals surface area contributed by atoms with Crippen molar-refractivity contribution in [3.8, 4) is 0 Å². The highest BCUT2D eigenvalue weighted by atomic mass is 16.3. The second-order valence-electron chi connectivity index (χ2n) is 16.0. The third-order valence-corrected chi connectivity index (χ3v) is 10.8. The van der Waals surface area contributed by atoms with E-state index in [4.69, 9.17) is 0 Å². The SMILES string of the molecule is CCCCCC/C=C\CCCCCCCCCC(=O)NC(CO)C(O)C(O)CCC/C=C/CCCCCCCCCCCCCCCCCCCC. The van der Waals surface area contributed by atoms with Crippen LogP contribution in [0.2, 0.25) is 0 Å². The van der Waals surface area contributed by atoms with Gasteiger partial charge in [0.2, 0.25) is 5.91 Å². The fourth-order valence-electron chi connectivity index (χ4n) is 7.16. The van der Waals surface area contributed by atoms with Gasteiger partial charge in [-0.15, -0.1) is 0 Å². The molecule has 4 N–H and O–H groups in total. The summed E-state index contributed by atoms with van der Waals surface area (Å²) in [6.07, 6.45) is 51.5. The third-order valence-electron chi connectivity index (χ3n) is 10.8. The maximum atomic E-state index is 12.4. The quantitative estimate of drug-likeness (QED) is 0.0371. The zero-order chi connectivity index (χ0) is 38.0. The highest BCUT2D eigenvalue weighted by Crippen LogP contribution is 2.16. The predicted octanol–water partition coefficient (Wildman–Crippen LogP) is 13.4. The molecule has 0 fully saturated rings. The maximum absolute atomic E-state index is 12.4. The van der Waals surface area contributed by atoms with E-state index in [9.17, 15) is 20.1 Å². The van der Waals surface area contributed by atoms with Crippen LogP contribution in [0.1, 0.15) is 245 Å². The van der Waals surface area contributed by atoms with Gasteiger partial charge >= 0.3 is 0 Å². The molecule has 0 radical (unpaired) electrons. The lowest BCUT2D eigenvalue weighted by Crippen LogP contribution is -2.50. The Morgan fingerprint density at radius 3 is 1.13 bits per heavy atom. The molecule has 0 bridgehead atoms. The average molecular weight is 734 g/mol. The van der Waals surface area contributed by atoms with Crippen LogP contribution in [0.4, 0.5) is 0 Å². The van der Waals surface area contributed by atoms with E-state index in [0.29, 0.717) is 12.8 Å². The van der Waals surface area contributed by atoms with Gasteiger partial charge in [0, 0.05) is 6.42 Å². The Bertz CT molecular complexity index is 768. The van der Waals surface area contributed by atoms with Crippen LogP contribution in [0.15, 0.2) is 24.3 Å². The van der Waals surface area contributed by atoms with Crippen molar-refractivity contribution in [1.82, 2.24) is 5.32 Å². The largest absolute Gasteiger partial charge is 0.394 e. The first-order valence-corrected chi connectivity index (χ1v) is 23.1. The average Bonchev–Trinajstić information content (AvgIpc) is 3.15. The lowest BCUT2D eigenvalue weighted by molar-refractivity contribution is -0.124. The van der Waals surface area contributed by atoms with Crippen molar-refractivity contribution in [3.05, 3.63) is 24.3 Å². The first kappa shape index (κ1) is 50.8.